The van der Waals surface area contributed by atoms with Crippen LogP contribution in [0.4, 0.5) is 0 Å². The average molecular weight is 259 g/mol. The zero-order valence-corrected chi connectivity index (χ0v) is 12.1. The predicted octanol–water partition coefficient (Wildman–Crippen LogP) is 2.67. The van der Waals surface area contributed by atoms with Gasteiger partial charge >= 0.3 is 0 Å². The van der Waals surface area contributed by atoms with Crippen molar-refractivity contribution in [1.82, 2.24) is 0 Å². The van der Waals surface area contributed by atoms with Crippen molar-refractivity contribution in [1.29, 1.82) is 5.26 Å². The molecule has 0 aromatic carbocycles. The van der Waals surface area contributed by atoms with Gasteiger partial charge in [0, 0.05) is 28.7 Å². The van der Waals surface area contributed by atoms with E-state index in [1.807, 2.05) is 6.92 Å². The van der Waals surface area contributed by atoms with E-state index in [1.165, 1.54) is 0 Å². The molecule has 2 unspecified atom stereocenters. The first-order valence-electron chi connectivity index (χ1n) is 6.08. The molecule has 0 aromatic rings. The molecular formula is C13H23ClN2O. The molecular weight excluding hydrogens is 236 g/mol. The number of hydrogen-bond donors (Lipinski definition) is 1. The van der Waals surface area contributed by atoms with Crippen LogP contribution in [0.5, 0.6) is 0 Å². The summed E-state index contributed by atoms with van der Waals surface area (Å²) in [7, 11) is 0. The Morgan fingerprint density at radius 2 is 1.82 bits per heavy atom. The Morgan fingerprint density at radius 3 is 2.18 bits per heavy atom. The van der Waals surface area contributed by atoms with Gasteiger partial charge in [0.2, 0.25) is 0 Å². The first kappa shape index (κ1) is 14.8. The number of nitriles is 1. The molecule has 1 rings (SSSR count). The molecule has 3 nitrogen and oxygen atoms in total. The molecule has 0 heterocycles. The second-order valence-corrected chi connectivity index (χ2v) is 7.02. The van der Waals surface area contributed by atoms with Gasteiger partial charge in [0.1, 0.15) is 6.10 Å². The van der Waals surface area contributed by atoms with E-state index in [0.29, 0.717) is 6.42 Å². The van der Waals surface area contributed by atoms with Crippen molar-refractivity contribution in [3.63, 3.8) is 0 Å². The number of alkyl halides is 1. The molecule has 0 radical (unpaired) electrons. The Kier molecular flexibility index (Phi) is 4.13. The second-order valence-electron chi connectivity index (χ2n) is 6.27. The monoisotopic (exact) mass is 258 g/mol. The topological polar surface area (TPSA) is 59.0 Å². The molecule has 0 aliphatic heterocycles. The third-order valence-corrected chi connectivity index (χ3v) is 4.12. The summed E-state index contributed by atoms with van der Waals surface area (Å²) in [5.41, 5.74) is 5.98. The standard InChI is InChI=1S/C13H23ClN2O/c1-8(14)6-9(7-15)17-11-12(2,3)10(16)13(11,4)5/h8-11H,6,16H2,1-5H3/t8?,9?,10-,11-. The summed E-state index contributed by atoms with van der Waals surface area (Å²) in [5.74, 6) is 0. The summed E-state index contributed by atoms with van der Waals surface area (Å²) < 4.78 is 5.92. The van der Waals surface area contributed by atoms with Crippen molar-refractivity contribution in [2.24, 2.45) is 16.6 Å². The molecule has 0 saturated heterocycles. The zero-order valence-electron chi connectivity index (χ0n) is 11.3. The van der Waals surface area contributed by atoms with Crippen molar-refractivity contribution < 1.29 is 4.74 Å². The van der Waals surface area contributed by atoms with Gasteiger partial charge in [-0.2, -0.15) is 5.26 Å². The lowest BCUT2D eigenvalue weighted by Gasteiger charge is -2.62. The van der Waals surface area contributed by atoms with Crippen molar-refractivity contribution in [3.05, 3.63) is 0 Å². The minimum atomic E-state index is -0.446. The highest BCUT2D eigenvalue weighted by atomic mass is 35.5. The van der Waals surface area contributed by atoms with Gasteiger partial charge in [-0.25, -0.2) is 0 Å². The molecule has 2 N–H and O–H groups in total. The number of hydrogen-bond acceptors (Lipinski definition) is 3. The highest BCUT2D eigenvalue weighted by Gasteiger charge is 2.61. The van der Waals surface area contributed by atoms with Crippen LogP contribution in [0.3, 0.4) is 0 Å². The van der Waals surface area contributed by atoms with Gasteiger partial charge in [-0.15, -0.1) is 11.6 Å². The number of halogens is 1. The van der Waals surface area contributed by atoms with E-state index < -0.39 is 6.10 Å². The second kappa shape index (κ2) is 4.76. The van der Waals surface area contributed by atoms with Crippen LogP contribution in [0.25, 0.3) is 0 Å². The van der Waals surface area contributed by atoms with Gasteiger partial charge in [-0.3, -0.25) is 0 Å². The molecule has 0 bridgehead atoms. The average Bonchev–Trinajstić information content (AvgIpc) is 2.21. The van der Waals surface area contributed by atoms with E-state index >= 15 is 0 Å². The highest BCUT2D eigenvalue weighted by Crippen LogP contribution is 2.54. The van der Waals surface area contributed by atoms with E-state index in [1.54, 1.807) is 0 Å². The fourth-order valence-corrected chi connectivity index (χ4v) is 3.26. The van der Waals surface area contributed by atoms with Gasteiger partial charge in [0.05, 0.1) is 12.2 Å². The van der Waals surface area contributed by atoms with Crippen molar-refractivity contribution in [2.45, 2.75) is 64.7 Å². The van der Waals surface area contributed by atoms with Gasteiger partial charge in [-0.05, 0) is 6.92 Å². The quantitative estimate of drug-likeness (QED) is 0.789. The summed E-state index contributed by atoms with van der Waals surface area (Å²) in [6, 6.07) is 2.27. The Labute approximate surface area is 109 Å². The fraction of sp³-hybridized carbons (Fsp3) is 0.923. The van der Waals surface area contributed by atoms with Crippen LogP contribution in [-0.4, -0.2) is 23.6 Å². The Bertz CT molecular complexity index is 304. The van der Waals surface area contributed by atoms with Crippen LogP contribution in [0, 0.1) is 22.2 Å². The van der Waals surface area contributed by atoms with E-state index in [2.05, 4.69) is 33.8 Å². The summed E-state index contributed by atoms with van der Waals surface area (Å²) in [5, 5.41) is 9.03. The van der Waals surface area contributed by atoms with Crippen LogP contribution in [-0.2, 0) is 4.74 Å². The molecule has 1 aliphatic rings. The van der Waals surface area contributed by atoms with Crippen LogP contribution < -0.4 is 5.73 Å². The van der Waals surface area contributed by atoms with Gasteiger partial charge in [-0.1, -0.05) is 27.7 Å². The Morgan fingerprint density at radius 1 is 1.35 bits per heavy atom. The van der Waals surface area contributed by atoms with Crippen LogP contribution >= 0.6 is 11.6 Å². The maximum atomic E-state index is 9.08. The van der Waals surface area contributed by atoms with Crippen LogP contribution in [0.1, 0.15) is 41.0 Å². The van der Waals surface area contributed by atoms with E-state index in [0.717, 1.165) is 0 Å². The molecule has 17 heavy (non-hydrogen) atoms. The molecule has 4 heteroatoms. The normalized spacial score (nSPS) is 33.3. The van der Waals surface area contributed by atoms with Crippen molar-refractivity contribution in [2.75, 3.05) is 0 Å². The first-order chi connectivity index (χ1) is 7.64. The lowest BCUT2D eigenvalue weighted by molar-refractivity contribution is -0.213. The summed E-state index contributed by atoms with van der Waals surface area (Å²) in [4.78, 5) is 0. The number of ether oxygens (including phenoxy) is 1. The van der Waals surface area contributed by atoms with Crippen molar-refractivity contribution in [3.8, 4) is 6.07 Å². The molecule has 0 aromatic heterocycles. The van der Waals surface area contributed by atoms with Crippen LogP contribution in [0.15, 0.2) is 0 Å². The van der Waals surface area contributed by atoms with E-state index in [-0.39, 0.29) is 28.4 Å². The van der Waals surface area contributed by atoms with Crippen LogP contribution in [0.2, 0.25) is 0 Å². The smallest absolute Gasteiger partial charge is 0.145 e. The summed E-state index contributed by atoms with van der Waals surface area (Å²) in [6.07, 6.45) is 0.110. The third kappa shape index (κ3) is 2.59. The molecule has 1 aliphatic carbocycles. The highest BCUT2D eigenvalue weighted by molar-refractivity contribution is 6.20. The molecule has 0 amide bonds. The molecule has 1 fully saturated rings. The molecule has 0 spiro atoms. The third-order valence-electron chi connectivity index (χ3n) is 3.94. The Balaban J connectivity index is 2.71. The lowest BCUT2D eigenvalue weighted by atomic mass is 9.50. The zero-order chi connectivity index (χ0) is 13.4. The van der Waals surface area contributed by atoms with Gasteiger partial charge in [0.15, 0.2) is 0 Å². The summed E-state index contributed by atoms with van der Waals surface area (Å²) in [6.45, 7) is 10.2. The predicted molar refractivity (Wildman–Crippen MR) is 69.7 cm³/mol. The van der Waals surface area contributed by atoms with Gasteiger partial charge in [0.25, 0.3) is 0 Å². The minimum absolute atomic E-state index is 0.00469. The lowest BCUT2D eigenvalue weighted by Crippen LogP contribution is -2.72. The maximum Gasteiger partial charge on any atom is 0.145 e. The van der Waals surface area contributed by atoms with E-state index in [4.69, 9.17) is 27.3 Å². The van der Waals surface area contributed by atoms with Gasteiger partial charge < -0.3 is 10.5 Å². The minimum Gasteiger partial charge on any atom is -0.359 e. The van der Waals surface area contributed by atoms with Crippen molar-refractivity contribution >= 4 is 11.6 Å². The number of nitrogens with two attached hydrogens (primary N) is 1. The fourth-order valence-electron chi connectivity index (χ4n) is 3.10. The SMILES string of the molecule is CC(Cl)CC(C#N)O[C@H]1C(C)(C)[C@H](N)C1(C)C. The first-order valence-corrected chi connectivity index (χ1v) is 6.52. The Hall–Kier alpha value is -0.300. The molecule has 98 valence electrons. The maximum absolute atomic E-state index is 9.08. The number of rotatable bonds is 4. The summed E-state index contributed by atoms with van der Waals surface area (Å²) >= 11 is 5.91. The van der Waals surface area contributed by atoms with E-state index in [9.17, 15) is 0 Å². The largest absolute Gasteiger partial charge is 0.359 e. The number of nitrogens with zero attached hydrogens (tertiary/aromatic N) is 1. The molecule has 2 atom stereocenters. The molecule has 1 saturated carbocycles.